The molecule has 1 saturated carbocycles. The highest BCUT2D eigenvalue weighted by Gasteiger charge is 2.81. The second kappa shape index (κ2) is 2.68. The average molecular weight is 234 g/mol. The highest BCUT2D eigenvalue weighted by atomic mass is 28.3. The molecule has 3 aliphatic rings. The first kappa shape index (κ1) is 11.1. The highest BCUT2D eigenvalue weighted by Crippen LogP contribution is 2.87. The van der Waals surface area contributed by atoms with Gasteiger partial charge in [-0.15, -0.1) is 0 Å². The van der Waals surface area contributed by atoms with Crippen molar-refractivity contribution in [3.8, 4) is 0 Å². The van der Waals surface area contributed by atoms with Crippen LogP contribution in [0.25, 0.3) is 0 Å². The molecule has 0 aromatic rings. The predicted molar refractivity (Wildman–Crippen MR) is 73.4 cm³/mol. The van der Waals surface area contributed by atoms with E-state index in [1.165, 1.54) is 6.42 Å². The molecule has 1 aliphatic heterocycles. The summed E-state index contributed by atoms with van der Waals surface area (Å²) in [6.45, 7) is 15.2. The summed E-state index contributed by atoms with van der Waals surface area (Å²) < 4.78 is 0. The van der Waals surface area contributed by atoms with Crippen molar-refractivity contribution in [2.24, 2.45) is 11.8 Å². The molecule has 1 heteroatoms. The number of hydrogen-bond acceptors (Lipinski definition) is 0. The highest BCUT2D eigenvalue weighted by molar-refractivity contribution is 6.98. The van der Waals surface area contributed by atoms with Gasteiger partial charge < -0.3 is 0 Å². The molecule has 0 nitrogen and oxygen atoms in total. The molecule has 2 fully saturated rings. The number of allylic oxidation sites excluding steroid dienone is 2. The molecule has 2 bridgehead atoms. The van der Waals surface area contributed by atoms with Crippen molar-refractivity contribution in [3.05, 3.63) is 12.2 Å². The lowest BCUT2D eigenvalue weighted by Crippen LogP contribution is -2.43. The topological polar surface area (TPSA) is 0 Å². The van der Waals surface area contributed by atoms with E-state index in [1.807, 2.05) is 0 Å². The second-order valence-electron chi connectivity index (χ2n) is 8.37. The molecule has 0 amide bonds. The fourth-order valence-electron chi connectivity index (χ4n) is 6.06. The van der Waals surface area contributed by atoms with Crippen LogP contribution in [-0.2, 0) is 0 Å². The largest absolute Gasteiger partial charge is 0.0851 e. The maximum absolute atomic E-state index is 2.55. The smallest absolute Gasteiger partial charge is 0.0717 e. The third kappa shape index (κ3) is 0.978. The van der Waals surface area contributed by atoms with Crippen LogP contribution in [0.2, 0.25) is 21.2 Å². The zero-order chi connectivity index (χ0) is 11.9. The van der Waals surface area contributed by atoms with Crippen LogP contribution in [-0.4, -0.2) is 8.07 Å². The standard InChI is InChI=1S/C15H26Si/c1-14(2,3)16(15(4,5)6)12-10-7-8-11(9-10)13(12)16/h7-8,10-13H,9H2,1-6H3. The van der Waals surface area contributed by atoms with Gasteiger partial charge in [0.1, 0.15) is 0 Å². The van der Waals surface area contributed by atoms with Crippen LogP contribution in [0.5, 0.6) is 0 Å². The molecule has 4 atom stereocenters. The maximum atomic E-state index is 2.55. The van der Waals surface area contributed by atoms with E-state index in [0.29, 0.717) is 10.1 Å². The Bertz CT molecular complexity index is 319. The van der Waals surface area contributed by atoms with Crippen molar-refractivity contribution >= 4 is 8.07 Å². The Hall–Kier alpha value is -0.0431. The van der Waals surface area contributed by atoms with E-state index in [1.54, 1.807) is 0 Å². The van der Waals surface area contributed by atoms with Crippen LogP contribution in [0, 0.1) is 11.8 Å². The van der Waals surface area contributed by atoms with Crippen molar-refractivity contribution in [3.63, 3.8) is 0 Å². The first-order valence-corrected chi connectivity index (χ1v) is 9.05. The molecule has 0 N–H and O–H groups in total. The molecule has 0 aromatic heterocycles. The zero-order valence-corrected chi connectivity index (χ0v) is 12.7. The Kier molecular flexibility index (Phi) is 1.86. The van der Waals surface area contributed by atoms with Gasteiger partial charge in [-0.3, -0.25) is 0 Å². The average Bonchev–Trinajstić information content (AvgIpc) is 2.49. The molecule has 16 heavy (non-hydrogen) atoms. The van der Waals surface area contributed by atoms with Crippen LogP contribution in [0.1, 0.15) is 48.0 Å². The summed E-state index contributed by atoms with van der Waals surface area (Å²) in [4.78, 5) is 0. The van der Waals surface area contributed by atoms with Crippen molar-refractivity contribution < 1.29 is 0 Å². The minimum atomic E-state index is -1.13. The van der Waals surface area contributed by atoms with Gasteiger partial charge in [0.15, 0.2) is 0 Å². The first-order valence-electron chi connectivity index (χ1n) is 6.89. The zero-order valence-electron chi connectivity index (χ0n) is 11.7. The van der Waals surface area contributed by atoms with Gasteiger partial charge in [-0.2, -0.15) is 0 Å². The van der Waals surface area contributed by atoms with Crippen LogP contribution in [0.15, 0.2) is 12.2 Å². The summed E-state index contributed by atoms with van der Waals surface area (Å²) in [5, 5.41) is 1.17. The van der Waals surface area contributed by atoms with Gasteiger partial charge in [0, 0.05) is 0 Å². The van der Waals surface area contributed by atoms with Gasteiger partial charge in [0.25, 0.3) is 0 Å². The van der Waals surface area contributed by atoms with Gasteiger partial charge >= 0.3 is 0 Å². The van der Waals surface area contributed by atoms with Crippen LogP contribution < -0.4 is 0 Å². The third-order valence-electron chi connectivity index (χ3n) is 5.88. The molecule has 3 rings (SSSR count). The summed E-state index contributed by atoms with van der Waals surface area (Å²) in [5.74, 6) is 1.94. The Morgan fingerprint density at radius 1 is 0.812 bits per heavy atom. The molecular weight excluding hydrogens is 208 g/mol. The Labute approximate surface area is 102 Å². The quantitative estimate of drug-likeness (QED) is 0.409. The molecule has 90 valence electrons. The first-order chi connectivity index (χ1) is 7.21. The summed E-state index contributed by atoms with van der Waals surface area (Å²) >= 11 is 0. The molecule has 1 heterocycles. The molecule has 0 spiro atoms. The fraction of sp³-hybridized carbons (Fsp3) is 0.867. The van der Waals surface area contributed by atoms with Crippen molar-refractivity contribution in [1.82, 2.24) is 0 Å². The van der Waals surface area contributed by atoms with Gasteiger partial charge in [0.2, 0.25) is 0 Å². The summed E-state index contributed by atoms with van der Waals surface area (Å²) in [7, 11) is -1.13. The SMILES string of the molecule is CC(C)(C)[Si]1(C(C)(C)C)C2C3C=CC(C3)C21. The molecule has 0 aromatic carbocycles. The minimum Gasteiger partial charge on any atom is -0.0851 e. The predicted octanol–water partition coefficient (Wildman–Crippen LogP) is 5.00. The molecular formula is C15H26Si. The number of fused-ring (bicyclic) bond motifs is 5. The lowest BCUT2D eigenvalue weighted by atomic mass is 10.1. The van der Waals surface area contributed by atoms with Crippen LogP contribution >= 0.6 is 0 Å². The Balaban J connectivity index is 2.05. The Morgan fingerprint density at radius 3 is 1.50 bits per heavy atom. The summed E-state index contributed by atoms with van der Waals surface area (Å²) in [6, 6.07) is 0. The number of rotatable bonds is 0. The van der Waals surface area contributed by atoms with E-state index in [9.17, 15) is 0 Å². The summed E-state index contributed by atoms with van der Waals surface area (Å²) in [5.41, 5.74) is 2.25. The van der Waals surface area contributed by atoms with E-state index in [4.69, 9.17) is 0 Å². The maximum Gasteiger partial charge on any atom is 0.0717 e. The van der Waals surface area contributed by atoms with Gasteiger partial charge in [-0.05, 0) is 39.4 Å². The van der Waals surface area contributed by atoms with E-state index in [2.05, 4.69) is 53.7 Å². The third-order valence-corrected chi connectivity index (χ3v) is 14.1. The lowest BCUT2D eigenvalue weighted by Gasteiger charge is -2.44. The van der Waals surface area contributed by atoms with E-state index in [-0.39, 0.29) is 0 Å². The van der Waals surface area contributed by atoms with E-state index in [0.717, 1.165) is 22.9 Å². The van der Waals surface area contributed by atoms with Crippen LogP contribution in [0.4, 0.5) is 0 Å². The van der Waals surface area contributed by atoms with Gasteiger partial charge in [0.05, 0.1) is 8.07 Å². The van der Waals surface area contributed by atoms with Crippen LogP contribution in [0.3, 0.4) is 0 Å². The van der Waals surface area contributed by atoms with Crippen molar-refractivity contribution in [1.29, 1.82) is 0 Å². The fourth-order valence-corrected chi connectivity index (χ4v) is 16.0. The molecule has 0 radical (unpaired) electrons. The van der Waals surface area contributed by atoms with Gasteiger partial charge in [-0.25, -0.2) is 0 Å². The second-order valence-corrected chi connectivity index (χ2v) is 14.4. The minimum absolute atomic E-state index is 0.587. The normalized spacial score (nSPS) is 43.6. The summed E-state index contributed by atoms with van der Waals surface area (Å²) in [6.07, 6.45) is 6.60. The monoisotopic (exact) mass is 234 g/mol. The lowest BCUT2D eigenvalue weighted by molar-refractivity contribution is 0.580. The van der Waals surface area contributed by atoms with Gasteiger partial charge in [-0.1, -0.05) is 53.7 Å². The van der Waals surface area contributed by atoms with E-state index >= 15 is 0 Å². The van der Waals surface area contributed by atoms with E-state index < -0.39 is 8.07 Å². The Morgan fingerprint density at radius 2 is 1.19 bits per heavy atom. The molecule has 1 saturated heterocycles. The van der Waals surface area contributed by atoms with Crippen molar-refractivity contribution in [2.75, 3.05) is 0 Å². The molecule has 4 unspecified atom stereocenters. The molecule has 2 aliphatic carbocycles. The van der Waals surface area contributed by atoms with Crippen molar-refractivity contribution in [2.45, 2.75) is 69.1 Å². The number of hydrogen-bond donors (Lipinski definition) is 0.